The van der Waals surface area contributed by atoms with Crippen molar-refractivity contribution in [2.45, 2.75) is 13.8 Å². The molecule has 6 rings (SSSR count). The summed E-state index contributed by atoms with van der Waals surface area (Å²) < 4.78 is 10.6. The van der Waals surface area contributed by atoms with Gasteiger partial charge in [0.1, 0.15) is 0 Å². The molecule has 2 aromatic carbocycles. The molecule has 0 aliphatic heterocycles. The van der Waals surface area contributed by atoms with Crippen LogP contribution in [0.15, 0.2) is 73.1 Å². The third-order valence-electron chi connectivity index (χ3n) is 6.72. The Hall–Kier alpha value is -6.04. The summed E-state index contributed by atoms with van der Waals surface area (Å²) >= 11 is 0. The van der Waals surface area contributed by atoms with E-state index < -0.39 is 0 Å². The summed E-state index contributed by atoms with van der Waals surface area (Å²) in [6.07, 6.45) is 3.47. The van der Waals surface area contributed by atoms with E-state index in [1.807, 2.05) is 56.3 Å². The minimum Gasteiger partial charge on any atom is -0.504 e. The van der Waals surface area contributed by atoms with Crippen LogP contribution in [0.5, 0.6) is 23.0 Å². The fourth-order valence-electron chi connectivity index (χ4n) is 4.68. The molecule has 0 saturated heterocycles. The minimum absolute atomic E-state index is 0.177. The highest BCUT2D eigenvalue weighted by Crippen LogP contribution is 2.37. The van der Waals surface area contributed by atoms with Gasteiger partial charge in [-0.25, -0.2) is 9.97 Å². The Kier molecular flexibility index (Phi) is 8.33. The lowest BCUT2D eigenvalue weighted by atomic mass is 10.0. The first kappa shape index (κ1) is 29.5. The van der Waals surface area contributed by atoms with Gasteiger partial charge >= 0.3 is 0 Å². The van der Waals surface area contributed by atoms with Gasteiger partial charge in [-0.15, -0.1) is 0 Å². The van der Waals surface area contributed by atoms with Crippen molar-refractivity contribution < 1.29 is 19.7 Å². The van der Waals surface area contributed by atoms with Crippen LogP contribution < -0.4 is 20.9 Å². The molecule has 4 aromatic heterocycles. The van der Waals surface area contributed by atoms with Crippen LogP contribution >= 0.6 is 0 Å². The second-order valence-corrected chi connectivity index (χ2v) is 9.84. The second-order valence-electron chi connectivity index (χ2n) is 9.84. The highest BCUT2D eigenvalue weighted by molar-refractivity contribution is 5.82. The number of nitrogens with two attached hydrogens (primary N) is 2. The number of aromatic hydroxyl groups is 2. The number of phenolic OH excluding ortho intramolecular Hbond substituents is 2. The van der Waals surface area contributed by atoms with Crippen LogP contribution in [0.25, 0.3) is 45.0 Å². The van der Waals surface area contributed by atoms with E-state index in [-0.39, 0.29) is 17.4 Å². The van der Waals surface area contributed by atoms with Crippen molar-refractivity contribution in [3.63, 3.8) is 0 Å². The molecule has 44 heavy (non-hydrogen) atoms. The second kappa shape index (κ2) is 12.4. The standard InChI is InChI=1S/C17H18N4O2.C15H14N4O2/c1-10-8-12(6-7-19-10)16-15(20-17(18)21-16)11-4-5-13(22-2)14(9-11)23-3;1-8-6-10(4-5-17-8)14-13(18-15(16)19-14)9-2-3-11(20)12(21)7-9/h4-9H,1-3H3,(H3,18,20,21);2-7,20-21H,1H3,(H3,16,18,19). The quantitative estimate of drug-likeness (QED) is 0.135. The van der Waals surface area contributed by atoms with E-state index in [0.29, 0.717) is 28.7 Å². The Balaban J connectivity index is 0.000000175. The fourth-order valence-corrected chi connectivity index (χ4v) is 4.68. The normalized spacial score (nSPS) is 10.6. The average Bonchev–Trinajstić information content (AvgIpc) is 3.61. The van der Waals surface area contributed by atoms with Crippen molar-refractivity contribution in [3.8, 4) is 68.0 Å². The lowest BCUT2D eigenvalue weighted by Gasteiger charge is -2.09. The number of rotatable bonds is 6. The van der Waals surface area contributed by atoms with E-state index >= 15 is 0 Å². The van der Waals surface area contributed by atoms with Gasteiger partial charge in [-0.05, 0) is 74.5 Å². The molecule has 0 fully saturated rings. The maximum atomic E-state index is 9.64. The fraction of sp³-hybridized carbons (Fsp3) is 0.125. The third kappa shape index (κ3) is 6.23. The van der Waals surface area contributed by atoms with Crippen LogP contribution in [-0.2, 0) is 0 Å². The maximum absolute atomic E-state index is 9.64. The van der Waals surface area contributed by atoms with Crippen molar-refractivity contribution in [2.24, 2.45) is 0 Å². The van der Waals surface area contributed by atoms with E-state index in [1.165, 1.54) is 12.1 Å². The molecule has 6 aromatic rings. The van der Waals surface area contributed by atoms with Gasteiger partial charge in [-0.1, -0.05) is 0 Å². The number of aromatic nitrogens is 6. The molecule has 0 aliphatic carbocycles. The zero-order valence-corrected chi connectivity index (χ0v) is 24.6. The number of ether oxygens (including phenoxy) is 2. The summed E-state index contributed by atoms with van der Waals surface area (Å²) in [5.74, 6) is 1.57. The zero-order chi connectivity index (χ0) is 31.4. The number of imidazole rings is 2. The summed E-state index contributed by atoms with van der Waals surface area (Å²) in [5.41, 5.74) is 19.8. The van der Waals surface area contributed by atoms with Gasteiger partial charge in [0.25, 0.3) is 0 Å². The van der Waals surface area contributed by atoms with Crippen LogP contribution in [0.2, 0.25) is 0 Å². The number of methoxy groups -OCH3 is 2. The molecule has 224 valence electrons. The number of phenols is 2. The number of aromatic amines is 2. The largest absolute Gasteiger partial charge is 0.504 e. The summed E-state index contributed by atoms with van der Waals surface area (Å²) in [6.45, 7) is 3.84. The maximum Gasteiger partial charge on any atom is 0.198 e. The minimum atomic E-state index is -0.203. The van der Waals surface area contributed by atoms with Gasteiger partial charge in [-0.2, -0.15) is 0 Å². The van der Waals surface area contributed by atoms with Gasteiger partial charge < -0.3 is 41.1 Å². The molecule has 0 atom stereocenters. The first-order valence-electron chi connectivity index (χ1n) is 13.5. The molecule has 0 saturated carbocycles. The van der Waals surface area contributed by atoms with Crippen molar-refractivity contribution in [3.05, 3.63) is 84.4 Å². The van der Waals surface area contributed by atoms with Gasteiger partial charge in [0, 0.05) is 46.0 Å². The number of H-pyrrole nitrogens is 2. The van der Waals surface area contributed by atoms with Gasteiger partial charge in [0.2, 0.25) is 0 Å². The smallest absolute Gasteiger partial charge is 0.198 e. The lowest BCUT2D eigenvalue weighted by molar-refractivity contribution is 0.355. The molecule has 12 nitrogen and oxygen atoms in total. The lowest BCUT2D eigenvalue weighted by Crippen LogP contribution is -1.92. The number of pyridine rings is 2. The molecular formula is C32H32N8O4. The summed E-state index contributed by atoms with van der Waals surface area (Å²) in [7, 11) is 3.21. The molecule has 0 aliphatic rings. The number of nitrogens with zero attached hydrogens (tertiary/aromatic N) is 4. The molecule has 0 spiro atoms. The van der Waals surface area contributed by atoms with E-state index in [9.17, 15) is 10.2 Å². The van der Waals surface area contributed by atoms with Crippen LogP contribution in [0.3, 0.4) is 0 Å². The molecule has 0 bridgehead atoms. The highest BCUT2D eigenvalue weighted by Gasteiger charge is 2.16. The Morgan fingerprint density at radius 3 is 1.57 bits per heavy atom. The number of nitrogen functional groups attached to an aromatic ring is 2. The van der Waals surface area contributed by atoms with E-state index in [1.54, 1.807) is 32.7 Å². The molecule has 0 amide bonds. The van der Waals surface area contributed by atoms with Crippen LogP contribution in [0.4, 0.5) is 11.9 Å². The molecule has 8 N–H and O–H groups in total. The number of hydrogen-bond acceptors (Lipinski definition) is 10. The SMILES string of the molecule is COc1ccc(-c2nc(N)[nH]c2-c2ccnc(C)c2)cc1OC.Cc1cc(-c2[nH]c(N)nc2-c2ccc(O)c(O)c2)ccn1. The topological polar surface area (TPSA) is 194 Å². The summed E-state index contributed by atoms with van der Waals surface area (Å²) in [4.78, 5) is 23.2. The molecule has 4 heterocycles. The first-order valence-corrected chi connectivity index (χ1v) is 13.5. The van der Waals surface area contributed by atoms with E-state index in [2.05, 4.69) is 29.9 Å². The molecule has 12 heteroatoms. The zero-order valence-electron chi connectivity index (χ0n) is 24.6. The van der Waals surface area contributed by atoms with Gasteiger partial charge in [-0.3, -0.25) is 9.97 Å². The molecule has 0 radical (unpaired) electrons. The Bertz CT molecular complexity index is 1930. The van der Waals surface area contributed by atoms with E-state index in [0.717, 1.165) is 45.2 Å². The van der Waals surface area contributed by atoms with Crippen LogP contribution in [-0.4, -0.2) is 54.3 Å². The monoisotopic (exact) mass is 592 g/mol. The molecular weight excluding hydrogens is 560 g/mol. The van der Waals surface area contributed by atoms with Crippen molar-refractivity contribution in [1.29, 1.82) is 0 Å². The number of nitrogens with one attached hydrogen (secondary N) is 2. The van der Waals surface area contributed by atoms with Crippen LogP contribution in [0.1, 0.15) is 11.4 Å². The Morgan fingerprint density at radius 2 is 1.09 bits per heavy atom. The van der Waals surface area contributed by atoms with Crippen LogP contribution in [0, 0.1) is 13.8 Å². The number of aryl methyl sites for hydroxylation is 2. The van der Waals surface area contributed by atoms with Crippen molar-refractivity contribution in [1.82, 2.24) is 29.9 Å². The van der Waals surface area contributed by atoms with Crippen molar-refractivity contribution in [2.75, 3.05) is 25.7 Å². The number of benzene rings is 2. The van der Waals surface area contributed by atoms with Gasteiger partial charge in [0.15, 0.2) is 34.9 Å². The Labute approximate surface area is 253 Å². The van der Waals surface area contributed by atoms with Gasteiger partial charge in [0.05, 0.1) is 37.0 Å². The average molecular weight is 593 g/mol. The molecule has 0 unspecified atom stereocenters. The van der Waals surface area contributed by atoms with Crippen molar-refractivity contribution >= 4 is 11.9 Å². The number of anilines is 2. The first-order chi connectivity index (χ1) is 21.2. The van der Waals surface area contributed by atoms with E-state index in [4.69, 9.17) is 20.9 Å². The highest BCUT2D eigenvalue weighted by atomic mass is 16.5. The predicted octanol–water partition coefficient (Wildman–Crippen LogP) is 5.49. The summed E-state index contributed by atoms with van der Waals surface area (Å²) in [5, 5.41) is 19.1. The predicted molar refractivity (Wildman–Crippen MR) is 169 cm³/mol. The Morgan fingerprint density at radius 1 is 0.591 bits per heavy atom. The number of hydrogen-bond donors (Lipinski definition) is 6. The third-order valence-corrected chi connectivity index (χ3v) is 6.72. The summed E-state index contributed by atoms with van der Waals surface area (Å²) in [6, 6.07) is 17.9.